The Bertz CT molecular complexity index is 608. The summed E-state index contributed by atoms with van der Waals surface area (Å²) in [4.78, 5) is 15.7. The fourth-order valence-electron chi connectivity index (χ4n) is 1.51. The summed E-state index contributed by atoms with van der Waals surface area (Å²) in [5, 5.41) is 6.83. The monoisotopic (exact) mass is 298 g/mol. The van der Waals surface area contributed by atoms with E-state index in [-0.39, 0.29) is 17.6 Å². The van der Waals surface area contributed by atoms with Crippen LogP contribution in [0.25, 0.3) is 5.65 Å². The number of carbonyl (C=O) groups is 1. The van der Waals surface area contributed by atoms with E-state index in [0.29, 0.717) is 10.1 Å². The van der Waals surface area contributed by atoms with E-state index in [1.165, 1.54) is 10.7 Å². The number of hydrogen-bond donors (Lipinski definition) is 1. The van der Waals surface area contributed by atoms with Crippen LogP contribution in [0.15, 0.2) is 16.9 Å². The minimum Gasteiger partial charge on any atom is -0.348 e. The Labute approximate surface area is 104 Å². The van der Waals surface area contributed by atoms with Gasteiger partial charge in [0.05, 0.1) is 16.9 Å². The topological polar surface area (TPSA) is 59.3 Å². The standard InChI is InChI=1S/C10H8BrFN4O/c11-7-8(10(17)14-6-1-2-6)15-16-4-5(12)3-13-9(7)16/h3-4,6H,1-2H2,(H,14,17). The van der Waals surface area contributed by atoms with E-state index in [9.17, 15) is 9.18 Å². The molecule has 0 radical (unpaired) electrons. The first-order valence-electron chi connectivity index (χ1n) is 5.15. The molecule has 2 aromatic heterocycles. The maximum Gasteiger partial charge on any atom is 0.273 e. The van der Waals surface area contributed by atoms with E-state index in [0.717, 1.165) is 19.0 Å². The van der Waals surface area contributed by atoms with Gasteiger partial charge in [-0.1, -0.05) is 0 Å². The molecule has 2 aromatic rings. The summed E-state index contributed by atoms with van der Waals surface area (Å²) in [6, 6.07) is 0.254. The van der Waals surface area contributed by atoms with Crippen molar-refractivity contribution in [3.05, 3.63) is 28.4 Å². The van der Waals surface area contributed by atoms with Crippen LogP contribution in [0.3, 0.4) is 0 Å². The number of fused-ring (bicyclic) bond motifs is 1. The van der Waals surface area contributed by atoms with Crippen molar-refractivity contribution in [2.45, 2.75) is 18.9 Å². The van der Waals surface area contributed by atoms with Crippen LogP contribution in [0, 0.1) is 5.82 Å². The first-order chi connectivity index (χ1) is 8.15. The predicted octanol–water partition coefficient (Wildman–Crippen LogP) is 1.52. The highest BCUT2D eigenvalue weighted by Gasteiger charge is 2.27. The molecule has 0 aliphatic heterocycles. The van der Waals surface area contributed by atoms with Gasteiger partial charge in [0.15, 0.2) is 17.2 Å². The maximum absolute atomic E-state index is 13.0. The third kappa shape index (κ3) is 1.90. The molecule has 1 aliphatic rings. The van der Waals surface area contributed by atoms with E-state index in [1.54, 1.807) is 0 Å². The van der Waals surface area contributed by atoms with E-state index < -0.39 is 5.82 Å². The quantitative estimate of drug-likeness (QED) is 0.914. The van der Waals surface area contributed by atoms with Crippen LogP contribution in [0.5, 0.6) is 0 Å². The lowest BCUT2D eigenvalue weighted by atomic mass is 10.4. The molecule has 1 N–H and O–H groups in total. The van der Waals surface area contributed by atoms with Crippen molar-refractivity contribution in [2.75, 3.05) is 0 Å². The molecule has 0 aromatic carbocycles. The van der Waals surface area contributed by atoms with Crippen molar-refractivity contribution in [1.82, 2.24) is 19.9 Å². The van der Waals surface area contributed by atoms with Crippen molar-refractivity contribution in [1.29, 1.82) is 0 Å². The minimum atomic E-state index is -0.498. The number of carbonyl (C=O) groups excluding carboxylic acids is 1. The summed E-state index contributed by atoms with van der Waals surface area (Å²) in [5.41, 5.74) is 0.655. The first kappa shape index (κ1) is 10.6. The normalized spacial score (nSPS) is 15.2. The molecule has 88 valence electrons. The molecule has 0 bridgehead atoms. The van der Waals surface area contributed by atoms with Gasteiger partial charge in [0, 0.05) is 6.04 Å². The second-order valence-corrected chi connectivity index (χ2v) is 4.74. The van der Waals surface area contributed by atoms with Crippen molar-refractivity contribution < 1.29 is 9.18 Å². The van der Waals surface area contributed by atoms with Crippen molar-refractivity contribution in [3.8, 4) is 0 Å². The maximum atomic E-state index is 13.0. The van der Waals surface area contributed by atoms with Crippen LogP contribution in [0.1, 0.15) is 23.3 Å². The van der Waals surface area contributed by atoms with Crippen LogP contribution in [-0.4, -0.2) is 26.5 Å². The fourth-order valence-corrected chi connectivity index (χ4v) is 2.05. The molecular formula is C10H8BrFN4O. The van der Waals surface area contributed by atoms with Crippen molar-refractivity contribution in [2.24, 2.45) is 0 Å². The molecule has 7 heteroatoms. The van der Waals surface area contributed by atoms with Crippen molar-refractivity contribution in [3.63, 3.8) is 0 Å². The fraction of sp³-hybridized carbons (Fsp3) is 0.300. The van der Waals surface area contributed by atoms with Gasteiger partial charge in [-0.2, -0.15) is 5.10 Å². The van der Waals surface area contributed by atoms with E-state index in [1.807, 2.05) is 0 Å². The highest BCUT2D eigenvalue weighted by Crippen LogP contribution is 2.23. The van der Waals surface area contributed by atoms with Gasteiger partial charge in [-0.25, -0.2) is 13.9 Å². The Morgan fingerprint density at radius 3 is 3.06 bits per heavy atom. The Hall–Kier alpha value is -1.50. The summed E-state index contributed by atoms with van der Waals surface area (Å²) in [6.07, 6.45) is 4.28. The highest BCUT2D eigenvalue weighted by atomic mass is 79.9. The van der Waals surface area contributed by atoms with Gasteiger partial charge in [0.25, 0.3) is 5.91 Å². The predicted molar refractivity (Wildman–Crippen MR) is 61.1 cm³/mol. The SMILES string of the molecule is O=C(NC1CC1)c1nn2cc(F)cnc2c1Br. The molecule has 3 rings (SSSR count). The van der Waals surface area contributed by atoms with Gasteiger partial charge >= 0.3 is 0 Å². The number of amides is 1. The number of hydrogen-bond acceptors (Lipinski definition) is 3. The van der Waals surface area contributed by atoms with E-state index >= 15 is 0 Å². The Morgan fingerprint density at radius 2 is 2.35 bits per heavy atom. The van der Waals surface area contributed by atoms with Gasteiger partial charge in [0.1, 0.15) is 0 Å². The number of rotatable bonds is 2. The molecule has 1 fully saturated rings. The number of aromatic nitrogens is 3. The molecular weight excluding hydrogens is 291 g/mol. The molecule has 0 spiro atoms. The number of nitrogens with one attached hydrogen (secondary N) is 1. The summed E-state index contributed by atoms with van der Waals surface area (Å²) in [6.45, 7) is 0. The third-order valence-corrected chi connectivity index (χ3v) is 3.24. The molecule has 5 nitrogen and oxygen atoms in total. The van der Waals surface area contributed by atoms with Crippen LogP contribution < -0.4 is 5.32 Å². The zero-order chi connectivity index (χ0) is 12.0. The van der Waals surface area contributed by atoms with Crippen LogP contribution in [0.2, 0.25) is 0 Å². The smallest absolute Gasteiger partial charge is 0.273 e. The van der Waals surface area contributed by atoms with Gasteiger partial charge in [-0.05, 0) is 28.8 Å². The highest BCUT2D eigenvalue weighted by molar-refractivity contribution is 9.10. The zero-order valence-electron chi connectivity index (χ0n) is 8.65. The lowest BCUT2D eigenvalue weighted by Gasteiger charge is -1.98. The summed E-state index contributed by atoms with van der Waals surface area (Å²) >= 11 is 3.26. The molecule has 1 aliphatic carbocycles. The average Bonchev–Trinajstić information content (AvgIpc) is 3.03. The molecule has 0 saturated heterocycles. The number of nitrogens with zero attached hydrogens (tertiary/aromatic N) is 3. The van der Waals surface area contributed by atoms with Gasteiger partial charge in [0.2, 0.25) is 0 Å². The summed E-state index contributed by atoms with van der Waals surface area (Å²) in [5.74, 6) is -0.757. The summed E-state index contributed by atoms with van der Waals surface area (Å²) < 4.78 is 14.7. The second kappa shape index (κ2) is 3.76. The van der Waals surface area contributed by atoms with Gasteiger partial charge < -0.3 is 5.32 Å². The average molecular weight is 299 g/mol. The first-order valence-corrected chi connectivity index (χ1v) is 5.94. The molecule has 0 unspecified atom stereocenters. The molecule has 2 heterocycles. The third-order valence-electron chi connectivity index (χ3n) is 2.51. The van der Waals surface area contributed by atoms with E-state index in [2.05, 4.69) is 31.3 Å². The Balaban J connectivity index is 2.03. The molecule has 1 amide bonds. The van der Waals surface area contributed by atoms with Crippen LogP contribution in [0.4, 0.5) is 4.39 Å². The Kier molecular flexibility index (Phi) is 2.36. The van der Waals surface area contributed by atoms with Crippen molar-refractivity contribution >= 4 is 27.5 Å². The van der Waals surface area contributed by atoms with Crippen LogP contribution >= 0.6 is 15.9 Å². The van der Waals surface area contributed by atoms with Crippen LogP contribution in [-0.2, 0) is 0 Å². The largest absolute Gasteiger partial charge is 0.348 e. The zero-order valence-corrected chi connectivity index (χ0v) is 10.2. The van der Waals surface area contributed by atoms with E-state index in [4.69, 9.17) is 0 Å². The minimum absolute atomic E-state index is 0.231. The van der Waals surface area contributed by atoms with Gasteiger partial charge in [-0.3, -0.25) is 4.79 Å². The summed E-state index contributed by atoms with van der Waals surface area (Å²) in [7, 11) is 0. The molecule has 0 atom stereocenters. The van der Waals surface area contributed by atoms with Gasteiger partial charge in [-0.15, -0.1) is 0 Å². The molecule has 1 saturated carbocycles. The lowest BCUT2D eigenvalue weighted by molar-refractivity contribution is 0.0945. The second-order valence-electron chi connectivity index (χ2n) is 3.95. The number of halogens is 2. The lowest BCUT2D eigenvalue weighted by Crippen LogP contribution is -2.26. The molecule has 17 heavy (non-hydrogen) atoms. The Morgan fingerprint density at radius 1 is 1.59 bits per heavy atom.